The Morgan fingerprint density at radius 1 is 1.12 bits per heavy atom. The minimum absolute atomic E-state index is 0.0341. The quantitative estimate of drug-likeness (QED) is 0.614. The van der Waals surface area contributed by atoms with Crippen LogP contribution in [-0.4, -0.2) is 56.7 Å². The summed E-state index contributed by atoms with van der Waals surface area (Å²) in [4.78, 5) is 27.4. The molecule has 138 valence electrons. The van der Waals surface area contributed by atoms with Gasteiger partial charge in [-0.1, -0.05) is 20.8 Å². The van der Waals surface area contributed by atoms with E-state index in [-0.39, 0.29) is 16.5 Å². The van der Waals surface area contributed by atoms with Crippen LogP contribution in [0.4, 0.5) is 11.4 Å². The molecule has 26 heavy (non-hydrogen) atoms. The van der Waals surface area contributed by atoms with Crippen molar-refractivity contribution in [2.75, 3.05) is 31.1 Å². The zero-order chi connectivity index (χ0) is 18.9. The first-order valence-electron chi connectivity index (χ1n) is 8.45. The molecule has 1 aliphatic heterocycles. The molecule has 0 aliphatic carbocycles. The van der Waals surface area contributed by atoms with Crippen molar-refractivity contribution in [1.82, 2.24) is 19.7 Å². The maximum absolute atomic E-state index is 12.4. The van der Waals surface area contributed by atoms with Crippen LogP contribution in [0.15, 0.2) is 30.9 Å². The number of amides is 1. The van der Waals surface area contributed by atoms with Gasteiger partial charge in [-0.15, -0.1) is 10.2 Å². The first-order valence-corrected chi connectivity index (χ1v) is 8.45. The number of aromatic nitrogens is 3. The fourth-order valence-electron chi connectivity index (χ4n) is 3.04. The van der Waals surface area contributed by atoms with Gasteiger partial charge in [-0.3, -0.25) is 19.5 Å². The monoisotopic (exact) mass is 358 g/mol. The second-order valence-corrected chi connectivity index (χ2v) is 7.33. The summed E-state index contributed by atoms with van der Waals surface area (Å²) in [5, 5.41) is 19.0. The van der Waals surface area contributed by atoms with Gasteiger partial charge < -0.3 is 9.80 Å². The van der Waals surface area contributed by atoms with Crippen molar-refractivity contribution in [3.63, 3.8) is 0 Å². The number of nitrogens with zero attached hydrogens (tertiary/aromatic N) is 6. The van der Waals surface area contributed by atoms with Crippen molar-refractivity contribution in [3.8, 4) is 5.69 Å². The van der Waals surface area contributed by atoms with E-state index in [0.717, 1.165) is 0 Å². The van der Waals surface area contributed by atoms with E-state index in [1.165, 1.54) is 18.7 Å². The third-order valence-electron chi connectivity index (χ3n) is 4.42. The molecule has 9 heteroatoms. The van der Waals surface area contributed by atoms with E-state index in [1.807, 2.05) is 30.6 Å². The molecule has 9 nitrogen and oxygen atoms in total. The molecule has 1 aliphatic rings. The lowest BCUT2D eigenvalue weighted by atomic mass is 9.94. The van der Waals surface area contributed by atoms with Crippen molar-refractivity contribution < 1.29 is 9.72 Å². The fraction of sp³-hybridized carbons (Fsp3) is 0.471. The first kappa shape index (κ1) is 17.8. The van der Waals surface area contributed by atoms with E-state index in [0.29, 0.717) is 37.6 Å². The van der Waals surface area contributed by atoms with Gasteiger partial charge in [0.05, 0.1) is 10.6 Å². The summed E-state index contributed by atoms with van der Waals surface area (Å²) in [6, 6.07) is 5.07. The Morgan fingerprint density at radius 2 is 1.73 bits per heavy atom. The van der Waals surface area contributed by atoms with Crippen LogP contribution in [0, 0.1) is 15.5 Å². The first-order chi connectivity index (χ1) is 12.3. The van der Waals surface area contributed by atoms with Gasteiger partial charge in [0, 0.05) is 37.7 Å². The molecule has 1 fully saturated rings. The largest absolute Gasteiger partial charge is 0.362 e. The lowest BCUT2D eigenvalue weighted by molar-refractivity contribution is -0.384. The Hall–Kier alpha value is -2.97. The topological polar surface area (TPSA) is 97.4 Å². The second kappa shape index (κ2) is 6.74. The summed E-state index contributed by atoms with van der Waals surface area (Å²) in [7, 11) is 0. The molecule has 0 radical (unpaired) electrons. The van der Waals surface area contributed by atoms with Crippen LogP contribution < -0.4 is 4.90 Å². The Kier molecular flexibility index (Phi) is 4.62. The van der Waals surface area contributed by atoms with E-state index >= 15 is 0 Å². The zero-order valence-electron chi connectivity index (χ0n) is 15.1. The minimum Gasteiger partial charge on any atom is -0.362 e. The van der Waals surface area contributed by atoms with E-state index in [2.05, 4.69) is 10.2 Å². The molecule has 1 aromatic heterocycles. The highest BCUT2D eigenvalue weighted by molar-refractivity contribution is 5.82. The number of nitro groups is 1. The summed E-state index contributed by atoms with van der Waals surface area (Å²) < 4.78 is 1.62. The van der Waals surface area contributed by atoms with Crippen molar-refractivity contribution in [2.24, 2.45) is 5.41 Å². The number of hydrogen-bond acceptors (Lipinski definition) is 6. The van der Waals surface area contributed by atoms with Crippen LogP contribution in [0.3, 0.4) is 0 Å². The molecule has 1 amide bonds. The van der Waals surface area contributed by atoms with E-state index in [1.54, 1.807) is 16.7 Å². The lowest BCUT2D eigenvalue weighted by Crippen LogP contribution is -2.51. The summed E-state index contributed by atoms with van der Waals surface area (Å²) in [5.41, 5.74) is 0.808. The van der Waals surface area contributed by atoms with Crippen molar-refractivity contribution >= 4 is 17.3 Å². The number of hydrogen-bond donors (Lipinski definition) is 0. The number of carbonyl (C=O) groups is 1. The maximum Gasteiger partial charge on any atom is 0.294 e. The van der Waals surface area contributed by atoms with Crippen LogP contribution in [0.1, 0.15) is 20.8 Å². The standard InChI is InChI=1S/C17H22N6O3/c1-17(2,3)16(24)21-8-6-20(7-9-21)14-5-4-13(10-15(14)23(25)26)22-11-18-19-12-22/h4-5,10-12H,6-9H2,1-3H3. The molecule has 3 rings (SSSR count). The third kappa shape index (κ3) is 3.51. The molecule has 0 saturated carbocycles. The molecule has 1 aromatic carbocycles. The van der Waals surface area contributed by atoms with Crippen LogP contribution in [-0.2, 0) is 4.79 Å². The van der Waals surface area contributed by atoms with Gasteiger partial charge in [-0.05, 0) is 12.1 Å². The minimum atomic E-state index is -0.422. The summed E-state index contributed by atoms with van der Waals surface area (Å²) in [5.74, 6) is 0.106. The normalized spacial score (nSPS) is 15.2. The summed E-state index contributed by atoms with van der Waals surface area (Å²) >= 11 is 0. The maximum atomic E-state index is 12.4. The molecule has 0 N–H and O–H groups in total. The van der Waals surface area contributed by atoms with E-state index in [4.69, 9.17) is 0 Å². The predicted molar refractivity (Wildman–Crippen MR) is 96.3 cm³/mol. The van der Waals surface area contributed by atoms with Gasteiger partial charge in [-0.25, -0.2) is 0 Å². The molecule has 2 aromatic rings. The van der Waals surface area contributed by atoms with Crippen LogP contribution in [0.25, 0.3) is 5.69 Å². The van der Waals surface area contributed by atoms with Crippen molar-refractivity contribution in [3.05, 3.63) is 41.0 Å². The molecule has 0 bridgehead atoms. The van der Waals surface area contributed by atoms with E-state index in [9.17, 15) is 14.9 Å². The van der Waals surface area contributed by atoms with Gasteiger partial charge in [0.25, 0.3) is 5.69 Å². The summed E-state index contributed by atoms with van der Waals surface area (Å²) in [6.07, 6.45) is 2.99. The smallest absolute Gasteiger partial charge is 0.294 e. The number of carbonyl (C=O) groups excluding carboxylic acids is 1. The Balaban J connectivity index is 1.80. The number of benzene rings is 1. The fourth-order valence-corrected chi connectivity index (χ4v) is 3.04. The average molecular weight is 358 g/mol. The summed E-state index contributed by atoms with van der Waals surface area (Å²) in [6.45, 7) is 7.94. The average Bonchev–Trinajstić information content (AvgIpc) is 3.14. The molecular weight excluding hydrogens is 336 g/mol. The SMILES string of the molecule is CC(C)(C)C(=O)N1CCN(c2ccc(-n3cnnc3)cc2[N+](=O)[O-])CC1. The lowest BCUT2D eigenvalue weighted by Gasteiger charge is -2.38. The highest BCUT2D eigenvalue weighted by Gasteiger charge is 2.31. The number of anilines is 1. The van der Waals surface area contributed by atoms with Gasteiger partial charge in [0.15, 0.2) is 0 Å². The van der Waals surface area contributed by atoms with Crippen molar-refractivity contribution in [1.29, 1.82) is 0 Å². The Morgan fingerprint density at radius 3 is 2.27 bits per heavy atom. The van der Waals surface area contributed by atoms with Crippen LogP contribution >= 0.6 is 0 Å². The highest BCUT2D eigenvalue weighted by atomic mass is 16.6. The Bertz CT molecular complexity index is 804. The number of nitro benzene ring substituents is 1. The van der Waals surface area contributed by atoms with Gasteiger partial charge in [0.1, 0.15) is 18.3 Å². The molecule has 0 spiro atoms. The number of piperazine rings is 1. The molecular formula is C17H22N6O3. The number of rotatable bonds is 3. The molecule has 0 unspecified atom stereocenters. The van der Waals surface area contributed by atoms with Crippen molar-refractivity contribution in [2.45, 2.75) is 20.8 Å². The third-order valence-corrected chi connectivity index (χ3v) is 4.42. The predicted octanol–water partition coefficient (Wildman–Crippen LogP) is 1.87. The highest BCUT2D eigenvalue weighted by Crippen LogP contribution is 2.31. The zero-order valence-corrected chi connectivity index (χ0v) is 15.1. The Labute approximate surface area is 151 Å². The van der Waals surface area contributed by atoms with E-state index < -0.39 is 5.41 Å². The molecule has 2 heterocycles. The van der Waals surface area contributed by atoms with Crippen LogP contribution in [0.5, 0.6) is 0 Å². The molecule has 0 atom stereocenters. The molecule has 1 saturated heterocycles. The second-order valence-electron chi connectivity index (χ2n) is 7.33. The van der Waals surface area contributed by atoms with Gasteiger partial charge in [-0.2, -0.15) is 0 Å². The van der Waals surface area contributed by atoms with Gasteiger partial charge in [0.2, 0.25) is 5.91 Å². The van der Waals surface area contributed by atoms with Crippen LogP contribution in [0.2, 0.25) is 0 Å². The van der Waals surface area contributed by atoms with Gasteiger partial charge >= 0.3 is 0 Å².